The van der Waals surface area contributed by atoms with Crippen molar-refractivity contribution in [2.75, 3.05) is 25.0 Å². The molecule has 1 aromatic carbocycles. The summed E-state index contributed by atoms with van der Waals surface area (Å²) in [7, 11) is 0. The predicted octanol–water partition coefficient (Wildman–Crippen LogP) is 1.00. The molecule has 2 rings (SSSR count). The number of carboxylic acids is 1. The van der Waals surface area contributed by atoms with E-state index in [1.54, 1.807) is 0 Å². The molecule has 0 saturated carbocycles. The number of hydrogen-bond donors (Lipinski definition) is 3. The van der Waals surface area contributed by atoms with E-state index in [0.717, 1.165) is 0 Å². The molecule has 0 atom stereocenters. The Balaban J connectivity index is 2.07. The van der Waals surface area contributed by atoms with Gasteiger partial charge in [-0.1, -0.05) is 11.6 Å². The first-order valence-corrected chi connectivity index (χ1v) is 6.20. The quantitative estimate of drug-likeness (QED) is 0.758. The van der Waals surface area contributed by atoms with Gasteiger partial charge in [-0.3, -0.25) is 4.79 Å². The molecule has 1 fully saturated rings. The van der Waals surface area contributed by atoms with E-state index in [-0.39, 0.29) is 23.0 Å². The van der Waals surface area contributed by atoms with Crippen molar-refractivity contribution < 1.29 is 19.5 Å². The van der Waals surface area contributed by atoms with Crippen LogP contribution in [0.3, 0.4) is 0 Å². The second-order valence-electron chi connectivity index (χ2n) is 4.20. The number of carbonyl (C=O) groups excluding carboxylic acids is 2. The fourth-order valence-corrected chi connectivity index (χ4v) is 1.98. The highest BCUT2D eigenvalue weighted by atomic mass is 35.5. The molecule has 0 radical (unpaired) electrons. The number of nitrogens with one attached hydrogen (secondary N) is 2. The molecule has 3 amide bonds. The van der Waals surface area contributed by atoms with Crippen molar-refractivity contribution in [3.8, 4) is 0 Å². The lowest BCUT2D eigenvalue weighted by atomic mass is 10.2. The Morgan fingerprint density at radius 3 is 2.75 bits per heavy atom. The van der Waals surface area contributed by atoms with Crippen LogP contribution in [0.2, 0.25) is 5.02 Å². The summed E-state index contributed by atoms with van der Waals surface area (Å²) < 4.78 is 0. The highest BCUT2D eigenvalue weighted by molar-refractivity contribution is 6.34. The third-order valence-corrected chi connectivity index (χ3v) is 3.10. The van der Waals surface area contributed by atoms with E-state index >= 15 is 0 Å². The van der Waals surface area contributed by atoms with E-state index in [0.29, 0.717) is 18.8 Å². The molecule has 0 aromatic heterocycles. The van der Waals surface area contributed by atoms with Crippen LogP contribution in [0.15, 0.2) is 18.2 Å². The molecule has 1 aliphatic rings. The number of anilines is 1. The van der Waals surface area contributed by atoms with Crippen LogP contribution >= 0.6 is 11.6 Å². The van der Waals surface area contributed by atoms with Gasteiger partial charge in [0.25, 0.3) is 0 Å². The number of urea groups is 1. The van der Waals surface area contributed by atoms with E-state index in [1.165, 1.54) is 23.1 Å². The van der Waals surface area contributed by atoms with Crippen molar-refractivity contribution in [2.45, 2.75) is 0 Å². The Kier molecular flexibility index (Phi) is 4.09. The van der Waals surface area contributed by atoms with Crippen LogP contribution in [0.25, 0.3) is 0 Å². The average Bonchev–Trinajstić information content (AvgIpc) is 2.40. The molecule has 7 nitrogen and oxygen atoms in total. The van der Waals surface area contributed by atoms with Crippen LogP contribution in [0.5, 0.6) is 0 Å². The minimum atomic E-state index is -1.10. The normalized spacial score (nSPS) is 14.7. The third-order valence-electron chi connectivity index (χ3n) is 2.78. The molecule has 0 spiro atoms. The lowest BCUT2D eigenvalue weighted by molar-refractivity contribution is -0.123. The largest absolute Gasteiger partial charge is 0.478 e. The molecule has 8 heteroatoms. The monoisotopic (exact) mass is 297 g/mol. The van der Waals surface area contributed by atoms with Gasteiger partial charge in [0.15, 0.2) is 0 Å². The van der Waals surface area contributed by atoms with Gasteiger partial charge in [0, 0.05) is 13.1 Å². The summed E-state index contributed by atoms with van der Waals surface area (Å²) >= 11 is 5.91. The molecule has 0 aliphatic carbocycles. The first-order chi connectivity index (χ1) is 9.47. The molecule has 1 heterocycles. The number of hydrogen-bond acceptors (Lipinski definition) is 3. The van der Waals surface area contributed by atoms with Gasteiger partial charge in [0.1, 0.15) is 6.54 Å². The van der Waals surface area contributed by atoms with Gasteiger partial charge < -0.3 is 20.6 Å². The van der Waals surface area contributed by atoms with E-state index in [4.69, 9.17) is 16.7 Å². The van der Waals surface area contributed by atoms with E-state index in [2.05, 4.69) is 10.6 Å². The summed E-state index contributed by atoms with van der Waals surface area (Å²) in [5, 5.41) is 14.1. The Hall–Kier alpha value is -2.28. The number of halogens is 1. The summed E-state index contributed by atoms with van der Waals surface area (Å²) in [6.07, 6.45) is 0. The van der Waals surface area contributed by atoms with Crippen LogP contribution < -0.4 is 10.6 Å². The summed E-state index contributed by atoms with van der Waals surface area (Å²) in [5.41, 5.74) is 0.331. The van der Waals surface area contributed by atoms with Gasteiger partial charge in [0.05, 0.1) is 16.3 Å². The van der Waals surface area contributed by atoms with E-state index in [1.807, 2.05) is 0 Å². The molecule has 106 valence electrons. The maximum atomic E-state index is 11.9. The second-order valence-corrected chi connectivity index (χ2v) is 4.61. The van der Waals surface area contributed by atoms with Crippen LogP contribution in [-0.2, 0) is 4.79 Å². The summed E-state index contributed by atoms with van der Waals surface area (Å²) in [5.74, 6) is -1.32. The number of piperazine rings is 1. The number of carboxylic acid groups (broad SMARTS) is 1. The Labute approximate surface area is 119 Å². The SMILES string of the molecule is O=C1CN(C(=O)Nc2ccc(C(=O)O)cc2Cl)CCN1. The third kappa shape index (κ3) is 3.18. The van der Waals surface area contributed by atoms with Gasteiger partial charge in [-0.25, -0.2) is 9.59 Å². The van der Waals surface area contributed by atoms with Crippen LogP contribution in [0, 0.1) is 0 Å². The van der Waals surface area contributed by atoms with Crippen molar-refractivity contribution in [2.24, 2.45) is 0 Å². The highest BCUT2D eigenvalue weighted by Gasteiger charge is 2.21. The maximum absolute atomic E-state index is 11.9. The van der Waals surface area contributed by atoms with Gasteiger partial charge in [-0.05, 0) is 18.2 Å². The molecule has 1 aliphatic heterocycles. The molecule has 20 heavy (non-hydrogen) atoms. The van der Waals surface area contributed by atoms with Crippen LogP contribution in [-0.4, -0.2) is 47.5 Å². The fraction of sp³-hybridized carbons (Fsp3) is 0.250. The highest BCUT2D eigenvalue weighted by Crippen LogP contribution is 2.23. The standard InChI is InChI=1S/C12H12ClN3O4/c13-8-5-7(11(18)19)1-2-9(8)15-12(20)16-4-3-14-10(17)6-16/h1-2,5H,3-4,6H2,(H,14,17)(H,15,20)(H,18,19). The molecule has 1 saturated heterocycles. The lowest BCUT2D eigenvalue weighted by Gasteiger charge is -2.26. The van der Waals surface area contributed by atoms with E-state index in [9.17, 15) is 14.4 Å². The van der Waals surface area contributed by atoms with Gasteiger partial charge in [-0.2, -0.15) is 0 Å². The fourth-order valence-electron chi connectivity index (χ4n) is 1.76. The zero-order valence-electron chi connectivity index (χ0n) is 10.4. The zero-order chi connectivity index (χ0) is 14.7. The van der Waals surface area contributed by atoms with Crippen LogP contribution in [0.1, 0.15) is 10.4 Å². The van der Waals surface area contributed by atoms with Crippen molar-refractivity contribution in [3.63, 3.8) is 0 Å². The Bertz CT molecular complexity index is 576. The minimum Gasteiger partial charge on any atom is -0.478 e. The summed E-state index contributed by atoms with van der Waals surface area (Å²) in [4.78, 5) is 35.3. The summed E-state index contributed by atoms with van der Waals surface area (Å²) in [6, 6.07) is 3.55. The average molecular weight is 298 g/mol. The molecule has 1 aromatic rings. The number of rotatable bonds is 2. The molecule has 0 unspecified atom stereocenters. The molecule has 3 N–H and O–H groups in total. The Morgan fingerprint density at radius 2 is 2.15 bits per heavy atom. The van der Waals surface area contributed by atoms with Crippen molar-refractivity contribution in [1.29, 1.82) is 0 Å². The zero-order valence-corrected chi connectivity index (χ0v) is 11.1. The predicted molar refractivity (Wildman–Crippen MR) is 72.0 cm³/mol. The maximum Gasteiger partial charge on any atom is 0.335 e. The van der Waals surface area contributed by atoms with Gasteiger partial charge in [-0.15, -0.1) is 0 Å². The van der Waals surface area contributed by atoms with Crippen molar-refractivity contribution in [1.82, 2.24) is 10.2 Å². The number of benzene rings is 1. The smallest absolute Gasteiger partial charge is 0.335 e. The number of amides is 3. The van der Waals surface area contributed by atoms with Gasteiger partial charge in [0.2, 0.25) is 5.91 Å². The first kappa shape index (κ1) is 14.1. The second kappa shape index (κ2) is 5.79. The minimum absolute atomic E-state index is 0.0172. The summed E-state index contributed by atoms with van der Waals surface area (Å²) in [6.45, 7) is 0.789. The van der Waals surface area contributed by atoms with Crippen molar-refractivity contribution >= 4 is 35.2 Å². The molecular formula is C12H12ClN3O4. The topological polar surface area (TPSA) is 98.7 Å². The number of carbonyl (C=O) groups is 3. The number of nitrogens with zero attached hydrogens (tertiary/aromatic N) is 1. The lowest BCUT2D eigenvalue weighted by Crippen LogP contribution is -2.51. The van der Waals surface area contributed by atoms with Gasteiger partial charge >= 0.3 is 12.0 Å². The van der Waals surface area contributed by atoms with Crippen LogP contribution in [0.4, 0.5) is 10.5 Å². The van der Waals surface area contributed by atoms with Crippen molar-refractivity contribution in [3.05, 3.63) is 28.8 Å². The number of aromatic carboxylic acids is 1. The first-order valence-electron chi connectivity index (χ1n) is 5.83. The Morgan fingerprint density at radius 1 is 1.40 bits per heavy atom. The molecular weight excluding hydrogens is 286 g/mol. The van der Waals surface area contributed by atoms with E-state index < -0.39 is 12.0 Å². The molecule has 0 bridgehead atoms.